The van der Waals surface area contributed by atoms with Gasteiger partial charge < -0.3 is 5.11 Å². The zero-order valence-electron chi connectivity index (χ0n) is 19.9. The van der Waals surface area contributed by atoms with Crippen molar-refractivity contribution in [2.75, 3.05) is 0 Å². The number of aliphatic hydroxyl groups excluding tert-OH is 1. The average Bonchev–Trinajstić information content (AvgIpc) is 3.05. The summed E-state index contributed by atoms with van der Waals surface area (Å²) in [5.41, 5.74) is 1.78. The Morgan fingerprint density at radius 1 is 1.17 bits per heavy atom. The summed E-state index contributed by atoms with van der Waals surface area (Å²) in [6.45, 7) is 11.3. The van der Waals surface area contributed by atoms with Gasteiger partial charge in [-0.1, -0.05) is 44.6 Å². The van der Waals surface area contributed by atoms with Crippen molar-refractivity contribution >= 4 is 0 Å². The van der Waals surface area contributed by atoms with Gasteiger partial charge in [-0.25, -0.2) is 4.89 Å². The molecule has 0 aromatic heterocycles. The summed E-state index contributed by atoms with van der Waals surface area (Å²) in [6, 6.07) is 0. The average molecular weight is 417 g/mol. The van der Waals surface area contributed by atoms with E-state index in [1.54, 1.807) is 5.57 Å². The molecule has 3 saturated carbocycles. The van der Waals surface area contributed by atoms with Crippen molar-refractivity contribution in [1.29, 1.82) is 0 Å². The van der Waals surface area contributed by atoms with Crippen LogP contribution in [0.25, 0.3) is 0 Å². The number of hydrogen-bond donors (Lipinski definition) is 2. The molecule has 0 amide bonds. The van der Waals surface area contributed by atoms with Crippen molar-refractivity contribution in [2.45, 2.75) is 104 Å². The lowest BCUT2D eigenvalue weighted by Crippen LogP contribution is -2.50. The third-order valence-corrected chi connectivity index (χ3v) is 10.1. The second-order valence-electron chi connectivity index (χ2n) is 12.2. The lowest BCUT2D eigenvalue weighted by Gasteiger charge is -2.58. The molecule has 0 aromatic carbocycles. The fourth-order valence-electron chi connectivity index (χ4n) is 8.38. The predicted octanol–water partition coefficient (Wildman–Crippen LogP) is 6.78. The fraction of sp³-hybridized carbons (Fsp3) is 0.852. The number of fused-ring (bicyclic) bond motifs is 5. The second kappa shape index (κ2) is 8.05. The normalized spacial score (nSPS) is 44.9. The second-order valence-corrected chi connectivity index (χ2v) is 12.2. The van der Waals surface area contributed by atoms with Crippen LogP contribution >= 0.6 is 0 Å². The Labute approximate surface area is 183 Å². The first-order valence-electron chi connectivity index (χ1n) is 12.5. The van der Waals surface area contributed by atoms with Crippen LogP contribution in [-0.4, -0.2) is 22.1 Å². The van der Waals surface area contributed by atoms with Crippen LogP contribution in [0.5, 0.6) is 0 Å². The molecule has 0 bridgehead atoms. The van der Waals surface area contributed by atoms with E-state index < -0.39 is 5.60 Å². The molecule has 2 N–H and O–H groups in total. The van der Waals surface area contributed by atoms with Crippen molar-refractivity contribution in [3.05, 3.63) is 23.8 Å². The van der Waals surface area contributed by atoms with Gasteiger partial charge in [-0.2, -0.15) is 0 Å². The first kappa shape index (κ1) is 22.6. The molecule has 0 aromatic rings. The van der Waals surface area contributed by atoms with Gasteiger partial charge in [0.2, 0.25) is 0 Å². The Balaban J connectivity index is 1.49. The van der Waals surface area contributed by atoms with Crippen LogP contribution in [0.3, 0.4) is 0 Å². The van der Waals surface area contributed by atoms with E-state index >= 15 is 0 Å². The summed E-state index contributed by atoms with van der Waals surface area (Å²) in [5.74, 6) is 3.96. The summed E-state index contributed by atoms with van der Waals surface area (Å²) < 4.78 is 0. The molecule has 4 aliphatic carbocycles. The summed E-state index contributed by atoms with van der Waals surface area (Å²) in [7, 11) is 0. The molecule has 0 spiro atoms. The molecule has 4 rings (SSSR count). The van der Waals surface area contributed by atoms with E-state index in [0.717, 1.165) is 42.9 Å². The lowest BCUT2D eigenvalue weighted by atomic mass is 9.47. The minimum Gasteiger partial charge on any atom is -0.393 e. The molecule has 0 heterocycles. The molecular weight excluding hydrogens is 372 g/mol. The molecule has 0 saturated heterocycles. The maximum absolute atomic E-state index is 10.2. The van der Waals surface area contributed by atoms with E-state index in [-0.39, 0.29) is 6.10 Å². The highest BCUT2D eigenvalue weighted by Gasteiger charge is 2.59. The van der Waals surface area contributed by atoms with E-state index in [4.69, 9.17) is 5.26 Å². The summed E-state index contributed by atoms with van der Waals surface area (Å²) >= 11 is 0. The molecule has 0 aliphatic heterocycles. The first-order valence-corrected chi connectivity index (χ1v) is 12.5. The van der Waals surface area contributed by atoms with Gasteiger partial charge in [-0.3, -0.25) is 5.26 Å². The molecule has 30 heavy (non-hydrogen) atoms. The van der Waals surface area contributed by atoms with Gasteiger partial charge in [0.25, 0.3) is 0 Å². The Bertz CT molecular complexity index is 694. The topological polar surface area (TPSA) is 49.7 Å². The zero-order valence-corrected chi connectivity index (χ0v) is 19.9. The van der Waals surface area contributed by atoms with Crippen molar-refractivity contribution in [3.8, 4) is 0 Å². The van der Waals surface area contributed by atoms with Gasteiger partial charge in [0.05, 0.1) is 6.10 Å². The molecule has 3 heteroatoms. The summed E-state index contributed by atoms with van der Waals surface area (Å²) in [6.07, 6.45) is 17.5. The van der Waals surface area contributed by atoms with E-state index in [9.17, 15) is 5.11 Å². The maximum Gasteiger partial charge on any atom is 0.116 e. The fourth-order valence-corrected chi connectivity index (χ4v) is 8.38. The van der Waals surface area contributed by atoms with Crippen LogP contribution in [-0.2, 0) is 4.89 Å². The van der Waals surface area contributed by atoms with Crippen LogP contribution in [0.2, 0.25) is 0 Å². The lowest BCUT2D eigenvalue weighted by molar-refractivity contribution is -0.297. The highest BCUT2D eigenvalue weighted by atomic mass is 17.1. The Morgan fingerprint density at radius 3 is 2.67 bits per heavy atom. The van der Waals surface area contributed by atoms with E-state index in [1.165, 1.54) is 38.5 Å². The van der Waals surface area contributed by atoms with Gasteiger partial charge >= 0.3 is 0 Å². The Kier molecular flexibility index (Phi) is 6.05. The van der Waals surface area contributed by atoms with Crippen molar-refractivity contribution in [1.82, 2.24) is 0 Å². The number of aliphatic hydroxyl groups is 1. The smallest absolute Gasteiger partial charge is 0.116 e. The van der Waals surface area contributed by atoms with Gasteiger partial charge in [0.1, 0.15) is 5.60 Å². The van der Waals surface area contributed by atoms with E-state index in [2.05, 4.69) is 37.8 Å². The highest BCUT2D eigenvalue weighted by Crippen LogP contribution is 2.67. The molecule has 170 valence electrons. The number of rotatable bonds is 5. The van der Waals surface area contributed by atoms with Crippen LogP contribution in [0.15, 0.2) is 23.8 Å². The minimum atomic E-state index is -0.602. The monoisotopic (exact) mass is 416 g/mol. The van der Waals surface area contributed by atoms with Crippen LogP contribution in [0.4, 0.5) is 0 Å². The molecule has 0 radical (unpaired) electrons. The largest absolute Gasteiger partial charge is 0.393 e. The quantitative estimate of drug-likeness (QED) is 0.295. The third kappa shape index (κ3) is 3.73. The molecule has 7 unspecified atom stereocenters. The van der Waals surface area contributed by atoms with Crippen LogP contribution < -0.4 is 0 Å². The van der Waals surface area contributed by atoms with Crippen LogP contribution in [0, 0.1) is 40.4 Å². The summed E-state index contributed by atoms with van der Waals surface area (Å²) in [4.78, 5) is 4.56. The maximum atomic E-state index is 10.2. The van der Waals surface area contributed by atoms with Crippen molar-refractivity contribution in [2.24, 2.45) is 40.4 Å². The van der Waals surface area contributed by atoms with Crippen molar-refractivity contribution in [3.63, 3.8) is 0 Å². The molecular formula is C27H44O3. The van der Waals surface area contributed by atoms with Crippen LogP contribution in [0.1, 0.15) is 92.4 Å². The van der Waals surface area contributed by atoms with E-state index in [0.29, 0.717) is 16.7 Å². The standard InChI is InChI=1S/C27H44O3/c1-18(7-6-14-25(2,3)30-29)22-10-11-23-21-9-8-19-17-20(28)12-15-26(19,4)24(21)13-16-27(22,23)5/h6,8,14,18,20-24,28-29H,7,9-13,15-17H2,1-5H3/b14-6+/t18-,20?,21?,22?,23?,24?,26?,27?/m1/s1. The number of allylic oxidation sites excluding steroid dienone is 2. The molecule has 3 nitrogen and oxygen atoms in total. The number of hydrogen-bond acceptors (Lipinski definition) is 3. The van der Waals surface area contributed by atoms with Gasteiger partial charge in [0, 0.05) is 0 Å². The molecule has 3 fully saturated rings. The SMILES string of the molecule is C[C@H](C/C=C/C(C)(C)OO)C1CCC2C3CC=C4CC(O)CCC4(C)C3CCC21C. The molecule has 4 aliphatic rings. The summed E-state index contributed by atoms with van der Waals surface area (Å²) in [5, 5.41) is 19.2. The highest BCUT2D eigenvalue weighted by molar-refractivity contribution is 5.25. The van der Waals surface area contributed by atoms with Gasteiger partial charge in [0.15, 0.2) is 0 Å². The predicted molar refractivity (Wildman–Crippen MR) is 122 cm³/mol. The zero-order chi connectivity index (χ0) is 21.7. The minimum absolute atomic E-state index is 0.110. The van der Waals surface area contributed by atoms with Crippen molar-refractivity contribution < 1.29 is 15.3 Å². The Hall–Kier alpha value is -0.640. The first-order chi connectivity index (χ1) is 14.1. The van der Waals surface area contributed by atoms with Gasteiger partial charge in [-0.15, -0.1) is 0 Å². The van der Waals surface area contributed by atoms with E-state index in [1.807, 2.05) is 19.9 Å². The molecule has 8 atom stereocenters. The third-order valence-electron chi connectivity index (χ3n) is 10.1. The van der Waals surface area contributed by atoms with Gasteiger partial charge in [-0.05, 0) is 112 Å². The Morgan fingerprint density at radius 2 is 1.93 bits per heavy atom.